The standard InChI is InChI=1S/C13H15N3O2S/c1-14-10-11-4-2-3-5-13(11)19(17,18)16-12-6-8-15-9-7-12/h2-9,14H,10H2,1H3,(H,15,16). The molecule has 100 valence electrons. The van der Waals surface area contributed by atoms with Crippen molar-refractivity contribution in [2.45, 2.75) is 11.4 Å². The van der Waals surface area contributed by atoms with E-state index >= 15 is 0 Å². The average Bonchev–Trinajstić information content (AvgIpc) is 2.40. The lowest BCUT2D eigenvalue weighted by Crippen LogP contribution is -2.17. The van der Waals surface area contributed by atoms with Gasteiger partial charge in [-0.1, -0.05) is 18.2 Å². The predicted molar refractivity (Wildman–Crippen MR) is 74.3 cm³/mol. The molecular weight excluding hydrogens is 262 g/mol. The summed E-state index contributed by atoms with van der Waals surface area (Å²) in [6.45, 7) is 0.493. The fourth-order valence-electron chi connectivity index (χ4n) is 1.73. The number of anilines is 1. The number of aromatic nitrogens is 1. The first-order chi connectivity index (χ1) is 9.13. The quantitative estimate of drug-likeness (QED) is 0.871. The van der Waals surface area contributed by atoms with Crippen molar-refractivity contribution >= 4 is 15.7 Å². The number of sulfonamides is 1. The fraction of sp³-hybridized carbons (Fsp3) is 0.154. The summed E-state index contributed by atoms with van der Waals surface area (Å²) in [5.74, 6) is 0. The van der Waals surface area contributed by atoms with Crippen molar-refractivity contribution < 1.29 is 8.42 Å². The first-order valence-electron chi connectivity index (χ1n) is 5.79. The molecule has 19 heavy (non-hydrogen) atoms. The van der Waals surface area contributed by atoms with Crippen molar-refractivity contribution in [3.05, 3.63) is 54.4 Å². The molecule has 0 saturated heterocycles. The first kappa shape index (κ1) is 13.5. The van der Waals surface area contributed by atoms with Crippen LogP contribution in [-0.2, 0) is 16.6 Å². The third-order valence-corrected chi connectivity index (χ3v) is 4.04. The minimum Gasteiger partial charge on any atom is -0.316 e. The molecule has 5 nitrogen and oxygen atoms in total. The summed E-state index contributed by atoms with van der Waals surface area (Å²) in [4.78, 5) is 4.13. The SMILES string of the molecule is CNCc1ccccc1S(=O)(=O)Nc1ccncc1. The number of pyridine rings is 1. The molecule has 0 saturated carbocycles. The summed E-state index contributed by atoms with van der Waals surface area (Å²) in [6, 6.07) is 10.1. The van der Waals surface area contributed by atoms with E-state index in [2.05, 4.69) is 15.0 Å². The van der Waals surface area contributed by atoms with Gasteiger partial charge in [-0.25, -0.2) is 8.42 Å². The number of benzene rings is 1. The fourth-order valence-corrected chi connectivity index (χ4v) is 3.03. The smallest absolute Gasteiger partial charge is 0.262 e. The molecule has 0 aliphatic rings. The van der Waals surface area contributed by atoms with E-state index in [1.165, 1.54) is 12.4 Å². The summed E-state index contributed by atoms with van der Waals surface area (Å²) in [7, 11) is -1.81. The highest BCUT2D eigenvalue weighted by molar-refractivity contribution is 7.92. The highest BCUT2D eigenvalue weighted by Gasteiger charge is 2.17. The van der Waals surface area contributed by atoms with Crippen LogP contribution < -0.4 is 10.0 Å². The van der Waals surface area contributed by atoms with Crippen molar-refractivity contribution in [2.24, 2.45) is 0 Å². The first-order valence-corrected chi connectivity index (χ1v) is 7.27. The topological polar surface area (TPSA) is 71.1 Å². The lowest BCUT2D eigenvalue weighted by atomic mass is 10.2. The zero-order chi connectivity index (χ0) is 13.7. The molecule has 0 amide bonds. The second-order valence-electron chi connectivity index (χ2n) is 3.98. The number of rotatable bonds is 5. The van der Waals surface area contributed by atoms with Gasteiger partial charge < -0.3 is 5.32 Å². The molecule has 6 heteroatoms. The van der Waals surface area contributed by atoms with Crippen molar-refractivity contribution in [3.8, 4) is 0 Å². The molecule has 1 aromatic carbocycles. The van der Waals surface area contributed by atoms with Crippen LogP contribution in [-0.4, -0.2) is 20.4 Å². The van der Waals surface area contributed by atoms with Gasteiger partial charge in [-0.05, 0) is 30.8 Å². The number of hydrogen-bond donors (Lipinski definition) is 2. The van der Waals surface area contributed by atoms with E-state index in [1.54, 1.807) is 37.4 Å². The zero-order valence-corrected chi connectivity index (χ0v) is 11.3. The predicted octanol–water partition coefficient (Wildman–Crippen LogP) is 1.60. The Balaban J connectivity index is 2.35. The largest absolute Gasteiger partial charge is 0.316 e. The third kappa shape index (κ3) is 3.30. The van der Waals surface area contributed by atoms with E-state index in [1.807, 2.05) is 6.07 Å². The van der Waals surface area contributed by atoms with Crippen LogP contribution in [0.4, 0.5) is 5.69 Å². The zero-order valence-electron chi connectivity index (χ0n) is 10.5. The molecule has 2 rings (SSSR count). The molecule has 0 fully saturated rings. The molecule has 1 heterocycles. The van der Waals surface area contributed by atoms with Gasteiger partial charge in [-0.3, -0.25) is 9.71 Å². The Morgan fingerprint density at radius 2 is 1.79 bits per heavy atom. The average molecular weight is 277 g/mol. The molecule has 0 aliphatic carbocycles. The highest BCUT2D eigenvalue weighted by Crippen LogP contribution is 2.19. The lowest BCUT2D eigenvalue weighted by Gasteiger charge is -2.11. The van der Waals surface area contributed by atoms with Gasteiger partial charge in [-0.2, -0.15) is 0 Å². The van der Waals surface area contributed by atoms with Crippen LogP contribution in [0.5, 0.6) is 0 Å². The lowest BCUT2D eigenvalue weighted by molar-refractivity contribution is 0.599. The summed E-state index contributed by atoms with van der Waals surface area (Å²) >= 11 is 0. The van der Waals surface area contributed by atoms with Crippen molar-refractivity contribution in [3.63, 3.8) is 0 Å². The maximum absolute atomic E-state index is 12.3. The Bertz CT molecular complexity index is 642. The van der Waals surface area contributed by atoms with Crippen molar-refractivity contribution in [2.75, 3.05) is 11.8 Å². The van der Waals surface area contributed by atoms with Gasteiger partial charge >= 0.3 is 0 Å². The van der Waals surface area contributed by atoms with E-state index in [0.29, 0.717) is 12.2 Å². The summed E-state index contributed by atoms with van der Waals surface area (Å²) in [6.07, 6.45) is 3.08. The van der Waals surface area contributed by atoms with E-state index in [-0.39, 0.29) is 4.90 Å². The molecule has 2 aromatic rings. The third-order valence-electron chi connectivity index (χ3n) is 2.56. The minimum atomic E-state index is -3.58. The van der Waals surface area contributed by atoms with Gasteiger partial charge in [0.25, 0.3) is 10.0 Å². The van der Waals surface area contributed by atoms with Crippen LogP contribution in [0.15, 0.2) is 53.7 Å². The van der Waals surface area contributed by atoms with Crippen LogP contribution >= 0.6 is 0 Å². The second-order valence-corrected chi connectivity index (χ2v) is 5.63. The maximum atomic E-state index is 12.3. The Morgan fingerprint density at radius 3 is 2.47 bits per heavy atom. The summed E-state index contributed by atoms with van der Waals surface area (Å²) in [5, 5.41) is 2.96. The van der Waals surface area contributed by atoms with Crippen molar-refractivity contribution in [1.29, 1.82) is 0 Å². The van der Waals surface area contributed by atoms with Gasteiger partial charge in [0.15, 0.2) is 0 Å². The Kier molecular flexibility index (Phi) is 4.13. The maximum Gasteiger partial charge on any atom is 0.262 e. The molecule has 0 unspecified atom stereocenters. The van der Waals surface area contributed by atoms with E-state index in [0.717, 1.165) is 5.56 Å². The summed E-state index contributed by atoms with van der Waals surface area (Å²) < 4.78 is 27.2. The molecule has 0 aliphatic heterocycles. The van der Waals surface area contributed by atoms with Crippen LogP contribution in [0, 0.1) is 0 Å². The molecule has 2 N–H and O–H groups in total. The molecule has 0 atom stereocenters. The van der Waals surface area contributed by atoms with Crippen LogP contribution in [0.1, 0.15) is 5.56 Å². The summed E-state index contributed by atoms with van der Waals surface area (Å²) in [5.41, 5.74) is 1.22. The monoisotopic (exact) mass is 277 g/mol. The van der Waals surface area contributed by atoms with Gasteiger partial charge in [0.05, 0.1) is 10.6 Å². The van der Waals surface area contributed by atoms with E-state index in [4.69, 9.17) is 0 Å². The molecule has 1 aromatic heterocycles. The van der Waals surface area contributed by atoms with Crippen molar-refractivity contribution in [1.82, 2.24) is 10.3 Å². The highest BCUT2D eigenvalue weighted by atomic mass is 32.2. The van der Waals surface area contributed by atoms with Gasteiger partial charge in [0.2, 0.25) is 0 Å². The molecule has 0 bridgehead atoms. The molecular formula is C13H15N3O2S. The minimum absolute atomic E-state index is 0.279. The Morgan fingerprint density at radius 1 is 1.11 bits per heavy atom. The number of hydrogen-bond acceptors (Lipinski definition) is 4. The van der Waals surface area contributed by atoms with Gasteiger partial charge in [0, 0.05) is 18.9 Å². The molecule has 0 radical (unpaired) electrons. The number of nitrogens with zero attached hydrogens (tertiary/aromatic N) is 1. The second kappa shape index (κ2) is 5.81. The normalized spacial score (nSPS) is 11.2. The Hall–Kier alpha value is -1.92. The Labute approximate surface area is 112 Å². The number of nitrogens with one attached hydrogen (secondary N) is 2. The van der Waals surface area contributed by atoms with E-state index < -0.39 is 10.0 Å². The molecule has 0 spiro atoms. The van der Waals surface area contributed by atoms with Gasteiger partial charge in [-0.15, -0.1) is 0 Å². The van der Waals surface area contributed by atoms with E-state index in [9.17, 15) is 8.42 Å². The van der Waals surface area contributed by atoms with Crippen LogP contribution in [0.2, 0.25) is 0 Å². The van der Waals surface area contributed by atoms with Gasteiger partial charge in [0.1, 0.15) is 0 Å². The van der Waals surface area contributed by atoms with Crippen LogP contribution in [0.25, 0.3) is 0 Å². The van der Waals surface area contributed by atoms with Crippen LogP contribution in [0.3, 0.4) is 0 Å².